The van der Waals surface area contributed by atoms with Gasteiger partial charge in [-0.15, -0.1) is 0 Å². The fourth-order valence-electron chi connectivity index (χ4n) is 1.08. The Morgan fingerprint density at radius 1 is 1.50 bits per heavy atom. The molecule has 0 aliphatic carbocycles. The molecule has 0 fully saturated rings. The molecule has 0 aromatic carbocycles. The zero-order valence-corrected chi connectivity index (χ0v) is 7.43. The first kappa shape index (κ1) is 9.92. The molecule has 0 aliphatic rings. The Hall–Kier alpha value is -0.0800. The maximum Gasteiger partial charge on any atom is 0.00160 e. The highest BCUT2D eigenvalue weighted by Crippen LogP contribution is 1.95. The molecule has 0 saturated heterocycles. The molecule has 0 aromatic heterocycles. The average Bonchev–Trinajstić information content (AvgIpc) is 1.88. The lowest BCUT2D eigenvalue weighted by Gasteiger charge is -2.18. The van der Waals surface area contributed by atoms with Crippen LogP contribution in [-0.4, -0.2) is 31.6 Å². The fraction of sp³-hybridized carbons (Fsp3) is 1.00. The fourth-order valence-corrected chi connectivity index (χ4v) is 1.08. The summed E-state index contributed by atoms with van der Waals surface area (Å²) in [5.41, 5.74) is 5.49. The molecule has 2 heteroatoms. The van der Waals surface area contributed by atoms with Gasteiger partial charge in [-0.2, -0.15) is 0 Å². The second kappa shape index (κ2) is 5.69. The molecule has 0 aromatic rings. The first-order valence-corrected chi connectivity index (χ1v) is 4.09. The van der Waals surface area contributed by atoms with Crippen molar-refractivity contribution in [3.63, 3.8) is 0 Å². The Bertz CT molecular complexity index is 73.7. The lowest BCUT2D eigenvalue weighted by Crippen LogP contribution is -2.28. The van der Waals surface area contributed by atoms with Gasteiger partial charge in [-0.25, -0.2) is 0 Å². The van der Waals surface area contributed by atoms with Crippen molar-refractivity contribution in [2.75, 3.05) is 26.7 Å². The normalized spacial score (nSPS) is 14.1. The monoisotopic (exact) mass is 144 g/mol. The Kier molecular flexibility index (Phi) is 5.64. The number of nitrogens with two attached hydrogens (primary N) is 1. The van der Waals surface area contributed by atoms with Gasteiger partial charge >= 0.3 is 0 Å². The molecular formula is C8H20N2. The van der Waals surface area contributed by atoms with E-state index in [2.05, 4.69) is 25.8 Å². The number of hydrogen-bond acceptors (Lipinski definition) is 2. The Labute approximate surface area is 64.4 Å². The van der Waals surface area contributed by atoms with Crippen molar-refractivity contribution in [1.82, 2.24) is 4.90 Å². The molecule has 2 N–H and O–H groups in total. The minimum absolute atomic E-state index is 0.636. The van der Waals surface area contributed by atoms with Gasteiger partial charge in [0, 0.05) is 6.54 Å². The zero-order chi connectivity index (χ0) is 7.98. The largest absolute Gasteiger partial charge is 0.330 e. The van der Waals surface area contributed by atoms with Gasteiger partial charge in [0.2, 0.25) is 0 Å². The molecule has 0 aliphatic heterocycles. The SMILES string of the molecule is CCCN(C)CC(C)CN. The highest BCUT2D eigenvalue weighted by Gasteiger charge is 2.01. The predicted octanol–water partition coefficient (Wildman–Crippen LogP) is 0.923. The van der Waals surface area contributed by atoms with Crippen molar-refractivity contribution in [2.24, 2.45) is 11.7 Å². The van der Waals surface area contributed by atoms with Gasteiger partial charge in [-0.1, -0.05) is 13.8 Å². The van der Waals surface area contributed by atoms with E-state index in [0.717, 1.165) is 13.1 Å². The van der Waals surface area contributed by atoms with Gasteiger partial charge in [0.05, 0.1) is 0 Å². The Morgan fingerprint density at radius 2 is 2.10 bits per heavy atom. The van der Waals surface area contributed by atoms with Crippen molar-refractivity contribution >= 4 is 0 Å². The number of rotatable bonds is 5. The second-order valence-corrected chi connectivity index (χ2v) is 3.10. The molecule has 0 amide bonds. The van der Waals surface area contributed by atoms with Crippen LogP contribution < -0.4 is 5.73 Å². The third kappa shape index (κ3) is 4.77. The van der Waals surface area contributed by atoms with Crippen molar-refractivity contribution in [3.8, 4) is 0 Å². The Morgan fingerprint density at radius 3 is 2.50 bits per heavy atom. The summed E-state index contributed by atoms with van der Waals surface area (Å²) in [7, 11) is 2.15. The van der Waals surface area contributed by atoms with E-state index in [1.165, 1.54) is 13.0 Å². The summed E-state index contributed by atoms with van der Waals surface area (Å²) in [6.45, 7) is 7.50. The van der Waals surface area contributed by atoms with Gasteiger partial charge in [-0.05, 0) is 32.5 Å². The molecule has 1 unspecified atom stereocenters. The van der Waals surface area contributed by atoms with E-state index in [-0.39, 0.29) is 0 Å². The summed E-state index contributed by atoms with van der Waals surface area (Å²) >= 11 is 0. The van der Waals surface area contributed by atoms with E-state index >= 15 is 0 Å². The van der Waals surface area contributed by atoms with Gasteiger partial charge in [0.1, 0.15) is 0 Å². The Balaban J connectivity index is 3.27. The molecular weight excluding hydrogens is 124 g/mol. The first-order valence-electron chi connectivity index (χ1n) is 4.09. The molecule has 2 nitrogen and oxygen atoms in total. The molecule has 0 heterocycles. The van der Waals surface area contributed by atoms with Crippen LogP contribution in [0.4, 0.5) is 0 Å². The summed E-state index contributed by atoms with van der Waals surface area (Å²) in [6, 6.07) is 0. The number of hydrogen-bond donors (Lipinski definition) is 1. The lowest BCUT2D eigenvalue weighted by molar-refractivity contribution is 0.289. The number of nitrogens with zero attached hydrogens (tertiary/aromatic N) is 1. The minimum atomic E-state index is 0.636. The van der Waals surface area contributed by atoms with Crippen LogP contribution in [0.3, 0.4) is 0 Å². The highest BCUT2D eigenvalue weighted by atomic mass is 15.1. The van der Waals surface area contributed by atoms with Crippen molar-refractivity contribution < 1.29 is 0 Å². The van der Waals surface area contributed by atoms with Crippen LogP contribution in [0.15, 0.2) is 0 Å². The molecule has 0 bridgehead atoms. The molecule has 0 spiro atoms. The van der Waals surface area contributed by atoms with Crippen LogP contribution in [0.25, 0.3) is 0 Å². The lowest BCUT2D eigenvalue weighted by atomic mass is 10.2. The molecule has 0 rings (SSSR count). The third-order valence-corrected chi connectivity index (χ3v) is 1.63. The molecule has 62 valence electrons. The maximum atomic E-state index is 5.49. The average molecular weight is 144 g/mol. The predicted molar refractivity (Wildman–Crippen MR) is 46.0 cm³/mol. The van der Waals surface area contributed by atoms with E-state index in [1.54, 1.807) is 0 Å². The van der Waals surface area contributed by atoms with Gasteiger partial charge in [0.15, 0.2) is 0 Å². The van der Waals surface area contributed by atoms with Crippen molar-refractivity contribution in [2.45, 2.75) is 20.3 Å². The summed E-state index contributed by atoms with van der Waals surface area (Å²) in [6.07, 6.45) is 1.23. The van der Waals surface area contributed by atoms with Gasteiger partial charge in [-0.3, -0.25) is 0 Å². The van der Waals surface area contributed by atoms with Crippen LogP contribution in [0, 0.1) is 5.92 Å². The van der Waals surface area contributed by atoms with Crippen molar-refractivity contribution in [1.29, 1.82) is 0 Å². The van der Waals surface area contributed by atoms with Crippen LogP contribution >= 0.6 is 0 Å². The smallest absolute Gasteiger partial charge is 0.00160 e. The molecule has 1 atom stereocenters. The van der Waals surface area contributed by atoms with Crippen LogP contribution in [0.5, 0.6) is 0 Å². The minimum Gasteiger partial charge on any atom is -0.330 e. The standard InChI is InChI=1S/C8H20N2/c1-4-5-10(3)7-8(2)6-9/h8H,4-7,9H2,1-3H3. The van der Waals surface area contributed by atoms with Crippen LogP contribution in [0.1, 0.15) is 20.3 Å². The summed E-state index contributed by atoms with van der Waals surface area (Å²) in [4.78, 5) is 2.33. The molecule has 0 radical (unpaired) electrons. The van der Waals surface area contributed by atoms with E-state index in [1.807, 2.05) is 0 Å². The van der Waals surface area contributed by atoms with E-state index in [9.17, 15) is 0 Å². The molecule has 0 saturated carbocycles. The van der Waals surface area contributed by atoms with E-state index in [0.29, 0.717) is 5.92 Å². The van der Waals surface area contributed by atoms with Gasteiger partial charge in [0.25, 0.3) is 0 Å². The van der Waals surface area contributed by atoms with Gasteiger partial charge < -0.3 is 10.6 Å². The van der Waals surface area contributed by atoms with Crippen molar-refractivity contribution in [3.05, 3.63) is 0 Å². The molecule has 10 heavy (non-hydrogen) atoms. The third-order valence-electron chi connectivity index (χ3n) is 1.63. The first-order chi connectivity index (χ1) is 4.70. The highest BCUT2D eigenvalue weighted by molar-refractivity contribution is 4.58. The summed E-state index contributed by atoms with van der Waals surface area (Å²) in [5, 5.41) is 0. The topological polar surface area (TPSA) is 29.3 Å². The zero-order valence-electron chi connectivity index (χ0n) is 7.43. The van der Waals surface area contributed by atoms with Crippen LogP contribution in [0.2, 0.25) is 0 Å². The maximum absolute atomic E-state index is 5.49. The second-order valence-electron chi connectivity index (χ2n) is 3.10. The summed E-state index contributed by atoms with van der Waals surface area (Å²) in [5.74, 6) is 0.636. The quantitative estimate of drug-likeness (QED) is 0.622. The van der Waals surface area contributed by atoms with Crippen LogP contribution in [-0.2, 0) is 0 Å². The van der Waals surface area contributed by atoms with E-state index < -0.39 is 0 Å². The van der Waals surface area contributed by atoms with E-state index in [4.69, 9.17) is 5.73 Å². The summed E-state index contributed by atoms with van der Waals surface area (Å²) < 4.78 is 0.